The van der Waals surface area contributed by atoms with Crippen LogP contribution in [-0.4, -0.2) is 57.5 Å². The molecule has 0 aliphatic carbocycles. The molecular formula is C24H35IN4O3. The van der Waals surface area contributed by atoms with Gasteiger partial charge in [0.1, 0.15) is 17.2 Å². The fraction of sp³-hybridized carbons (Fsp3) is 0.458. The van der Waals surface area contributed by atoms with E-state index in [0.717, 1.165) is 67.6 Å². The van der Waals surface area contributed by atoms with Crippen molar-refractivity contribution in [3.63, 3.8) is 0 Å². The predicted octanol–water partition coefficient (Wildman–Crippen LogP) is 3.79. The first-order valence-corrected chi connectivity index (χ1v) is 10.9. The maximum Gasteiger partial charge on any atom is 0.191 e. The van der Waals surface area contributed by atoms with Crippen LogP contribution in [0.5, 0.6) is 17.2 Å². The van der Waals surface area contributed by atoms with Gasteiger partial charge in [0, 0.05) is 56.1 Å². The van der Waals surface area contributed by atoms with Crippen LogP contribution in [0.2, 0.25) is 0 Å². The van der Waals surface area contributed by atoms with Crippen molar-refractivity contribution in [2.24, 2.45) is 4.99 Å². The largest absolute Gasteiger partial charge is 0.508 e. The molecule has 7 nitrogen and oxygen atoms in total. The van der Waals surface area contributed by atoms with E-state index in [4.69, 9.17) is 14.5 Å². The second-order valence-electron chi connectivity index (χ2n) is 7.66. The number of piperidine rings is 1. The zero-order chi connectivity index (χ0) is 22.1. The van der Waals surface area contributed by atoms with Gasteiger partial charge in [-0.25, -0.2) is 0 Å². The summed E-state index contributed by atoms with van der Waals surface area (Å²) in [6.07, 6.45) is 2.84. The quantitative estimate of drug-likeness (QED) is 0.262. The molecule has 0 amide bonds. The van der Waals surface area contributed by atoms with Gasteiger partial charge in [0.15, 0.2) is 5.96 Å². The van der Waals surface area contributed by atoms with Gasteiger partial charge < -0.3 is 30.1 Å². The van der Waals surface area contributed by atoms with Gasteiger partial charge in [-0.15, -0.1) is 24.0 Å². The third-order valence-electron chi connectivity index (χ3n) is 5.46. The van der Waals surface area contributed by atoms with E-state index in [2.05, 4.69) is 34.6 Å². The van der Waals surface area contributed by atoms with Crippen LogP contribution in [0, 0.1) is 0 Å². The average molecular weight is 554 g/mol. The van der Waals surface area contributed by atoms with Crippen LogP contribution in [-0.2, 0) is 6.42 Å². The molecule has 1 fully saturated rings. The lowest BCUT2D eigenvalue weighted by Crippen LogP contribution is -2.48. The molecule has 2 aromatic carbocycles. The van der Waals surface area contributed by atoms with E-state index in [1.807, 2.05) is 18.2 Å². The number of guanidine groups is 1. The molecule has 0 spiro atoms. The molecule has 3 rings (SSSR count). The van der Waals surface area contributed by atoms with Gasteiger partial charge in [-0.2, -0.15) is 0 Å². The monoisotopic (exact) mass is 554 g/mol. The Morgan fingerprint density at radius 2 is 1.78 bits per heavy atom. The van der Waals surface area contributed by atoms with Gasteiger partial charge in [-0.3, -0.25) is 4.99 Å². The molecule has 176 valence electrons. The van der Waals surface area contributed by atoms with Crippen LogP contribution < -0.4 is 25.0 Å². The molecule has 2 aromatic rings. The van der Waals surface area contributed by atoms with E-state index >= 15 is 0 Å². The molecule has 0 bridgehead atoms. The van der Waals surface area contributed by atoms with Crippen molar-refractivity contribution in [3.05, 3.63) is 48.0 Å². The number of phenolic OH excluding ortho intramolecular Hbond substituents is 1. The van der Waals surface area contributed by atoms with Gasteiger partial charge in [-0.1, -0.05) is 12.1 Å². The fourth-order valence-corrected chi connectivity index (χ4v) is 3.78. The summed E-state index contributed by atoms with van der Waals surface area (Å²) in [5.74, 6) is 2.77. The number of hydrogen-bond donors (Lipinski definition) is 3. The van der Waals surface area contributed by atoms with Crippen molar-refractivity contribution in [1.82, 2.24) is 10.6 Å². The van der Waals surface area contributed by atoms with Crippen LogP contribution in [0.1, 0.15) is 25.3 Å². The van der Waals surface area contributed by atoms with Gasteiger partial charge in [0.05, 0.1) is 14.2 Å². The molecule has 8 heteroatoms. The van der Waals surface area contributed by atoms with E-state index in [-0.39, 0.29) is 24.0 Å². The van der Waals surface area contributed by atoms with Crippen molar-refractivity contribution in [2.75, 3.05) is 45.3 Å². The third-order valence-corrected chi connectivity index (χ3v) is 5.46. The Morgan fingerprint density at radius 1 is 1.09 bits per heavy atom. The van der Waals surface area contributed by atoms with Crippen molar-refractivity contribution in [2.45, 2.75) is 32.2 Å². The zero-order valence-corrected chi connectivity index (χ0v) is 21.5. The summed E-state index contributed by atoms with van der Waals surface area (Å²) >= 11 is 0. The summed E-state index contributed by atoms with van der Waals surface area (Å²) < 4.78 is 10.8. The highest BCUT2D eigenvalue weighted by molar-refractivity contribution is 14.0. The highest BCUT2D eigenvalue weighted by atomic mass is 127. The van der Waals surface area contributed by atoms with Crippen LogP contribution in [0.3, 0.4) is 0 Å². The SMILES string of the molecule is CCNC(=NCCc1cccc(O)c1)NC1CCN(c2cc(OC)cc(OC)c2)CC1.I. The number of ether oxygens (including phenoxy) is 2. The number of nitrogens with zero attached hydrogens (tertiary/aromatic N) is 2. The Kier molecular flexibility index (Phi) is 10.7. The molecule has 1 heterocycles. The summed E-state index contributed by atoms with van der Waals surface area (Å²) in [5, 5.41) is 16.5. The topological polar surface area (TPSA) is 78.4 Å². The molecule has 0 aromatic heterocycles. The molecule has 32 heavy (non-hydrogen) atoms. The number of anilines is 1. The van der Waals surface area contributed by atoms with Gasteiger partial charge >= 0.3 is 0 Å². The lowest BCUT2D eigenvalue weighted by molar-refractivity contribution is 0.393. The van der Waals surface area contributed by atoms with Crippen LogP contribution in [0.25, 0.3) is 0 Å². The molecule has 0 radical (unpaired) electrons. The van der Waals surface area contributed by atoms with E-state index in [1.54, 1.807) is 26.4 Å². The Hall–Kier alpha value is -2.36. The zero-order valence-electron chi connectivity index (χ0n) is 19.1. The summed E-state index contributed by atoms with van der Waals surface area (Å²) in [6.45, 7) is 5.47. The molecule has 1 aliphatic rings. The highest BCUT2D eigenvalue weighted by Gasteiger charge is 2.21. The van der Waals surface area contributed by atoms with Crippen molar-refractivity contribution in [3.8, 4) is 17.2 Å². The van der Waals surface area contributed by atoms with Crippen molar-refractivity contribution >= 4 is 35.6 Å². The number of methoxy groups -OCH3 is 2. The second-order valence-corrected chi connectivity index (χ2v) is 7.66. The number of aliphatic imine (C=N–C) groups is 1. The van der Waals surface area contributed by atoms with E-state index in [1.165, 1.54) is 0 Å². The molecule has 0 unspecified atom stereocenters. The van der Waals surface area contributed by atoms with Gasteiger partial charge in [0.2, 0.25) is 0 Å². The van der Waals surface area contributed by atoms with Crippen LogP contribution in [0.15, 0.2) is 47.5 Å². The number of aromatic hydroxyl groups is 1. The summed E-state index contributed by atoms with van der Waals surface area (Å²) in [5.41, 5.74) is 2.21. The summed E-state index contributed by atoms with van der Waals surface area (Å²) in [6, 6.07) is 13.7. The maximum absolute atomic E-state index is 9.61. The number of hydrogen-bond acceptors (Lipinski definition) is 5. The van der Waals surface area contributed by atoms with Crippen LogP contribution in [0.4, 0.5) is 5.69 Å². The molecule has 0 atom stereocenters. The van der Waals surface area contributed by atoms with Crippen LogP contribution >= 0.6 is 24.0 Å². The number of halogens is 1. The molecule has 1 saturated heterocycles. The van der Waals surface area contributed by atoms with E-state index in [0.29, 0.717) is 18.3 Å². The normalized spacial score (nSPS) is 14.5. The number of nitrogens with one attached hydrogen (secondary N) is 2. The maximum atomic E-state index is 9.61. The van der Waals surface area contributed by atoms with Crippen molar-refractivity contribution < 1.29 is 14.6 Å². The lowest BCUT2D eigenvalue weighted by Gasteiger charge is -2.34. The second kappa shape index (κ2) is 13.2. The predicted molar refractivity (Wildman–Crippen MR) is 141 cm³/mol. The van der Waals surface area contributed by atoms with Gasteiger partial charge in [-0.05, 0) is 43.9 Å². The van der Waals surface area contributed by atoms with E-state index in [9.17, 15) is 5.11 Å². The lowest BCUT2D eigenvalue weighted by atomic mass is 10.0. The summed E-state index contributed by atoms with van der Waals surface area (Å²) in [4.78, 5) is 7.09. The number of rotatable bonds is 8. The Bertz CT molecular complexity index is 848. The van der Waals surface area contributed by atoms with Crippen molar-refractivity contribution in [1.29, 1.82) is 0 Å². The standard InChI is InChI=1S/C24H34N4O3.HI/c1-4-25-24(26-11-8-18-6-5-7-21(29)14-18)27-19-9-12-28(13-10-19)20-15-22(30-2)17-23(16-20)31-3;/h5-7,14-17,19,29H,4,8-13H2,1-3H3,(H2,25,26,27);1H. The third kappa shape index (κ3) is 7.65. The minimum absolute atomic E-state index is 0. The minimum Gasteiger partial charge on any atom is -0.508 e. The minimum atomic E-state index is 0. The molecule has 1 aliphatic heterocycles. The Labute approximate surface area is 208 Å². The summed E-state index contributed by atoms with van der Waals surface area (Å²) in [7, 11) is 3.35. The molecule has 0 saturated carbocycles. The number of phenols is 1. The first-order valence-electron chi connectivity index (χ1n) is 10.9. The average Bonchev–Trinajstić information content (AvgIpc) is 2.79. The molecule has 3 N–H and O–H groups in total. The fourth-order valence-electron chi connectivity index (χ4n) is 3.78. The van der Waals surface area contributed by atoms with E-state index < -0.39 is 0 Å². The first kappa shape index (κ1) is 25.9. The number of benzene rings is 2. The Balaban J connectivity index is 0.00000363. The first-order chi connectivity index (χ1) is 15.1. The molecular weight excluding hydrogens is 519 g/mol. The smallest absolute Gasteiger partial charge is 0.191 e. The Morgan fingerprint density at radius 3 is 2.38 bits per heavy atom. The highest BCUT2D eigenvalue weighted by Crippen LogP contribution is 2.30. The van der Waals surface area contributed by atoms with Gasteiger partial charge in [0.25, 0.3) is 0 Å².